The molecular weight excluding hydrogens is 306 g/mol. The number of carbonyl (C=O) groups excluding carboxylic acids is 2. The van der Waals surface area contributed by atoms with Crippen LogP contribution in [0.4, 0.5) is 4.79 Å². The third-order valence-electron chi connectivity index (χ3n) is 5.62. The predicted molar refractivity (Wildman–Crippen MR) is 91.7 cm³/mol. The molecule has 2 saturated heterocycles. The van der Waals surface area contributed by atoms with Crippen LogP contribution in [0.1, 0.15) is 58.8 Å². The molecule has 0 radical (unpaired) electrons. The van der Waals surface area contributed by atoms with Crippen LogP contribution in [-0.4, -0.2) is 65.7 Å². The Labute approximate surface area is 144 Å². The highest BCUT2D eigenvalue weighted by Crippen LogP contribution is 2.29. The molecule has 1 saturated carbocycles. The highest BCUT2D eigenvalue weighted by molar-refractivity contribution is 6.07. The summed E-state index contributed by atoms with van der Waals surface area (Å²) in [6.45, 7) is 6.76. The van der Waals surface area contributed by atoms with E-state index in [9.17, 15) is 9.59 Å². The van der Waals surface area contributed by atoms with E-state index in [1.54, 1.807) is 0 Å². The maximum absolute atomic E-state index is 12.7. The molecule has 0 unspecified atom stereocenters. The van der Waals surface area contributed by atoms with Gasteiger partial charge in [-0.15, -0.1) is 0 Å². The molecule has 1 atom stereocenters. The van der Waals surface area contributed by atoms with Gasteiger partial charge in [0.15, 0.2) is 0 Å². The van der Waals surface area contributed by atoms with Gasteiger partial charge in [-0.1, -0.05) is 25.7 Å². The summed E-state index contributed by atoms with van der Waals surface area (Å²) in [5.74, 6) is -0.0605. The van der Waals surface area contributed by atoms with E-state index >= 15 is 0 Å². The lowest BCUT2D eigenvalue weighted by atomic mass is 9.99. The first-order valence-corrected chi connectivity index (χ1v) is 9.52. The Bertz CT molecular complexity index is 474. The SMILES string of the molecule is CC(C)N1C(=O)N[C@@]2(CCN(CCOC3CCCCCC3)C2)C1=O. The molecule has 1 N–H and O–H groups in total. The fraction of sp³-hybridized carbons (Fsp3) is 0.889. The fourth-order valence-electron chi connectivity index (χ4n) is 4.22. The van der Waals surface area contributed by atoms with Gasteiger partial charge in [0.05, 0.1) is 12.7 Å². The van der Waals surface area contributed by atoms with Gasteiger partial charge < -0.3 is 10.1 Å². The summed E-state index contributed by atoms with van der Waals surface area (Å²) >= 11 is 0. The third-order valence-corrected chi connectivity index (χ3v) is 5.62. The summed E-state index contributed by atoms with van der Waals surface area (Å²) in [5.41, 5.74) is -0.705. The quantitative estimate of drug-likeness (QED) is 0.617. The Balaban J connectivity index is 1.47. The molecule has 3 fully saturated rings. The van der Waals surface area contributed by atoms with Crippen LogP contribution in [0.25, 0.3) is 0 Å². The van der Waals surface area contributed by atoms with Crippen LogP contribution in [0.5, 0.6) is 0 Å². The number of nitrogens with one attached hydrogen (secondary N) is 1. The summed E-state index contributed by atoms with van der Waals surface area (Å²) in [6.07, 6.45) is 8.71. The molecule has 6 heteroatoms. The minimum absolute atomic E-state index is 0.0605. The number of hydrogen-bond acceptors (Lipinski definition) is 4. The normalized spacial score (nSPS) is 29.7. The van der Waals surface area contributed by atoms with Crippen molar-refractivity contribution in [3.8, 4) is 0 Å². The van der Waals surface area contributed by atoms with Gasteiger partial charge in [0.25, 0.3) is 5.91 Å². The van der Waals surface area contributed by atoms with Gasteiger partial charge in [-0.2, -0.15) is 0 Å². The Hall–Kier alpha value is -1.14. The molecule has 3 amide bonds. The van der Waals surface area contributed by atoms with Crippen LogP contribution < -0.4 is 5.32 Å². The molecule has 3 aliphatic rings. The molecule has 1 aliphatic carbocycles. The highest BCUT2D eigenvalue weighted by atomic mass is 16.5. The molecule has 6 nitrogen and oxygen atoms in total. The zero-order valence-electron chi connectivity index (χ0n) is 15.1. The van der Waals surface area contributed by atoms with Gasteiger partial charge in [-0.05, 0) is 33.1 Å². The van der Waals surface area contributed by atoms with Gasteiger partial charge in [0.1, 0.15) is 5.54 Å². The van der Waals surface area contributed by atoms with E-state index < -0.39 is 5.54 Å². The third kappa shape index (κ3) is 3.59. The Morgan fingerprint density at radius 2 is 1.92 bits per heavy atom. The second kappa shape index (κ2) is 7.40. The van der Waals surface area contributed by atoms with Crippen LogP contribution in [0.15, 0.2) is 0 Å². The second-order valence-electron chi connectivity index (χ2n) is 7.79. The summed E-state index contributed by atoms with van der Waals surface area (Å²) in [6, 6.07) is -0.337. The zero-order chi connectivity index (χ0) is 17.2. The number of urea groups is 1. The number of rotatable bonds is 5. The molecule has 0 aromatic heterocycles. The van der Waals surface area contributed by atoms with Crippen LogP contribution in [-0.2, 0) is 9.53 Å². The van der Waals surface area contributed by atoms with Crippen LogP contribution in [0, 0.1) is 0 Å². The highest BCUT2D eigenvalue weighted by Gasteiger charge is 2.55. The van der Waals surface area contributed by atoms with Gasteiger partial charge in [0, 0.05) is 25.7 Å². The van der Waals surface area contributed by atoms with E-state index in [-0.39, 0.29) is 18.0 Å². The lowest BCUT2D eigenvalue weighted by Gasteiger charge is -2.23. The number of ether oxygens (including phenoxy) is 1. The molecule has 0 bridgehead atoms. The molecule has 3 rings (SSSR count). The van der Waals surface area contributed by atoms with Gasteiger partial charge in [0.2, 0.25) is 0 Å². The smallest absolute Gasteiger partial charge is 0.325 e. The summed E-state index contributed by atoms with van der Waals surface area (Å²) < 4.78 is 6.06. The van der Waals surface area contributed by atoms with E-state index in [2.05, 4.69) is 10.2 Å². The second-order valence-corrected chi connectivity index (χ2v) is 7.79. The topological polar surface area (TPSA) is 61.9 Å². The Morgan fingerprint density at radius 3 is 2.54 bits per heavy atom. The molecule has 2 heterocycles. The lowest BCUT2D eigenvalue weighted by molar-refractivity contribution is -0.132. The maximum Gasteiger partial charge on any atom is 0.325 e. The minimum Gasteiger partial charge on any atom is -0.377 e. The largest absolute Gasteiger partial charge is 0.377 e. The first kappa shape index (κ1) is 17.7. The standard InChI is InChI=1S/C18H31N3O3/c1-14(2)21-16(22)18(19-17(21)23)9-10-20(13-18)11-12-24-15-7-5-3-4-6-8-15/h14-15H,3-13H2,1-2H3,(H,19,23)/t18-/m1/s1. The van der Waals surface area contributed by atoms with Crippen LogP contribution in [0.2, 0.25) is 0 Å². The minimum atomic E-state index is -0.705. The summed E-state index contributed by atoms with van der Waals surface area (Å²) in [4.78, 5) is 28.4. The molecule has 1 spiro atoms. The van der Waals surface area contributed by atoms with Crippen molar-refractivity contribution in [3.05, 3.63) is 0 Å². The average Bonchev–Trinajstić information content (AvgIpc) is 2.90. The Morgan fingerprint density at radius 1 is 1.21 bits per heavy atom. The predicted octanol–water partition coefficient (Wildman–Crippen LogP) is 2.13. The maximum atomic E-state index is 12.7. The Kier molecular flexibility index (Phi) is 5.45. The monoisotopic (exact) mass is 337 g/mol. The van der Waals surface area contributed by atoms with Crippen LogP contribution in [0.3, 0.4) is 0 Å². The number of likely N-dealkylation sites (tertiary alicyclic amines) is 1. The van der Waals surface area contributed by atoms with Crippen molar-refractivity contribution in [2.24, 2.45) is 0 Å². The van der Waals surface area contributed by atoms with Crippen molar-refractivity contribution in [1.82, 2.24) is 15.1 Å². The lowest BCUT2D eigenvalue weighted by Crippen LogP contribution is -2.49. The summed E-state index contributed by atoms with van der Waals surface area (Å²) in [5, 5.41) is 2.94. The van der Waals surface area contributed by atoms with Crippen molar-refractivity contribution in [2.45, 2.75) is 76.5 Å². The van der Waals surface area contributed by atoms with Crippen molar-refractivity contribution >= 4 is 11.9 Å². The first-order valence-electron chi connectivity index (χ1n) is 9.52. The van der Waals surface area contributed by atoms with Gasteiger partial charge in [-0.3, -0.25) is 14.6 Å². The van der Waals surface area contributed by atoms with Gasteiger partial charge in [-0.25, -0.2) is 4.79 Å². The van der Waals surface area contributed by atoms with Crippen LogP contribution >= 0.6 is 0 Å². The van der Waals surface area contributed by atoms with Crippen molar-refractivity contribution < 1.29 is 14.3 Å². The molecule has 24 heavy (non-hydrogen) atoms. The zero-order valence-corrected chi connectivity index (χ0v) is 15.1. The van der Waals surface area contributed by atoms with Gasteiger partial charge >= 0.3 is 6.03 Å². The average molecular weight is 337 g/mol. The van der Waals surface area contributed by atoms with E-state index in [0.29, 0.717) is 19.1 Å². The molecule has 0 aromatic rings. The number of hydrogen-bond donors (Lipinski definition) is 1. The van der Waals surface area contributed by atoms with Crippen molar-refractivity contribution in [2.75, 3.05) is 26.2 Å². The van der Waals surface area contributed by atoms with E-state index in [1.165, 1.54) is 43.4 Å². The van der Waals surface area contributed by atoms with E-state index in [0.717, 1.165) is 19.7 Å². The molecule has 0 aromatic carbocycles. The summed E-state index contributed by atoms with van der Waals surface area (Å²) in [7, 11) is 0. The molecular formula is C18H31N3O3. The number of imide groups is 1. The van der Waals surface area contributed by atoms with Crippen molar-refractivity contribution in [3.63, 3.8) is 0 Å². The van der Waals surface area contributed by atoms with Crippen molar-refractivity contribution in [1.29, 1.82) is 0 Å². The first-order chi connectivity index (χ1) is 11.5. The number of nitrogens with zero attached hydrogens (tertiary/aromatic N) is 2. The van der Waals surface area contributed by atoms with E-state index in [4.69, 9.17) is 4.74 Å². The molecule has 136 valence electrons. The fourth-order valence-corrected chi connectivity index (χ4v) is 4.22. The molecule has 2 aliphatic heterocycles. The number of carbonyl (C=O) groups is 2. The number of amides is 3. The van der Waals surface area contributed by atoms with E-state index in [1.807, 2.05) is 13.8 Å².